The molecule has 0 atom stereocenters. The fraction of sp³-hybridized carbons (Fsp3) is 0.300. The highest BCUT2D eigenvalue weighted by Crippen LogP contribution is 2.28. The summed E-state index contributed by atoms with van der Waals surface area (Å²) in [6.07, 6.45) is 1.97. The quantitative estimate of drug-likeness (QED) is 0.932. The fourth-order valence-corrected chi connectivity index (χ4v) is 2.92. The van der Waals surface area contributed by atoms with Gasteiger partial charge in [0.1, 0.15) is 0 Å². The summed E-state index contributed by atoms with van der Waals surface area (Å²) in [6.45, 7) is 4.41. The van der Waals surface area contributed by atoms with E-state index in [0.29, 0.717) is 11.3 Å². The minimum Gasteiger partial charge on any atom is -0.326 e. The number of para-hydroxylation sites is 1. The maximum Gasteiger partial charge on any atom is 0.258 e. The van der Waals surface area contributed by atoms with Crippen LogP contribution in [0.4, 0.5) is 11.4 Å². The molecule has 3 rings (SSSR count). The van der Waals surface area contributed by atoms with E-state index in [2.05, 4.69) is 11.4 Å². The minimum absolute atomic E-state index is 0.0252. The topological polar surface area (TPSA) is 49.4 Å². The number of carbonyl (C=O) groups is 2. The SMILES string of the molecule is CC(C)C(=O)Nc1cccc(C(=O)N2CCCc3ccccc32)c1. The highest BCUT2D eigenvalue weighted by molar-refractivity contribution is 6.07. The molecule has 1 aliphatic heterocycles. The summed E-state index contributed by atoms with van der Waals surface area (Å²) in [5.41, 5.74) is 3.45. The normalized spacial score (nSPS) is 13.5. The molecule has 0 spiro atoms. The van der Waals surface area contributed by atoms with E-state index in [9.17, 15) is 9.59 Å². The van der Waals surface area contributed by atoms with Crippen LogP contribution in [0.1, 0.15) is 36.2 Å². The standard InChI is InChI=1S/C20H22N2O2/c1-14(2)19(23)21-17-10-5-8-16(13-17)20(24)22-12-6-9-15-7-3-4-11-18(15)22/h3-5,7-8,10-11,13-14H,6,9,12H2,1-2H3,(H,21,23). The Morgan fingerprint density at radius 1 is 1.08 bits per heavy atom. The number of nitrogens with one attached hydrogen (secondary N) is 1. The number of hydrogen-bond donors (Lipinski definition) is 1. The summed E-state index contributed by atoms with van der Waals surface area (Å²) < 4.78 is 0. The van der Waals surface area contributed by atoms with Crippen molar-refractivity contribution in [3.8, 4) is 0 Å². The van der Waals surface area contributed by atoms with Gasteiger partial charge in [-0.25, -0.2) is 0 Å². The van der Waals surface area contributed by atoms with Crippen molar-refractivity contribution in [2.75, 3.05) is 16.8 Å². The van der Waals surface area contributed by atoms with E-state index in [0.717, 1.165) is 25.1 Å². The molecular formula is C20H22N2O2. The lowest BCUT2D eigenvalue weighted by atomic mass is 10.0. The highest BCUT2D eigenvalue weighted by atomic mass is 16.2. The predicted molar refractivity (Wildman–Crippen MR) is 96.3 cm³/mol. The smallest absolute Gasteiger partial charge is 0.258 e. The van der Waals surface area contributed by atoms with Gasteiger partial charge in [0, 0.05) is 29.4 Å². The first kappa shape index (κ1) is 16.2. The van der Waals surface area contributed by atoms with Crippen LogP contribution in [0.5, 0.6) is 0 Å². The van der Waals surface area contributed by atoms with E-state index in [4.69, 9.17) is 0 Å². The van der Waals surface area contributed by atoms with Gasteiger partial charge in [-0.2, -0.15) is 0 Å². The first-order valence-corrected chi connectivity index (χ1v) is 8.37. The third-order valence-electron chi connectivity index (χ3n) is 4.26. The molecule has 4 heteroatoms. The molecule has 0 aliphatic carbocycles. The van der Waals surface area contributed by atoms with E-state index in [1.807, 2.05) is 36.9 Å². The Kier molecular flexibility index (Phi) is 4.65. The van der Waals surface area contributed by atoms with E-state index in [-0.39, 0.29) is 17.7 Å². The van der Waals surface area contributed by atoms with Crippen molar-refractivity contribution in [1.82, 2.24) is 0 Å². The molecule has 0 bridgehead atoms. The van der Waals surface area contributed by atoms with E-state index >= 15 is 0 Å². The Morgan fingerprint density at radius 2 is 1.88 bits per heavy atom. The molecule has 0 fully saturated rings. The van der Waals surface area contributed by atoms with Gasteiger partial charge in [-0.3, -0.25) is 9.59 Å². The lowest BCUT2D eigenvalue weighted by molar-refractivity contribution is -0.118. The van der Waals surface area contributed by atoms with Crippen LogP contribution >= 0.6 is 0 Å². The van der Waals surface area contributed by atoms with Gasteiger partial charge in [0.2, 0.25) is 5.91 Å². The molecule has 2 aromatic carbocycles. The summed E-state index contributed by atoms with van der Waals surface area (Å²) in [7, 11) is 0. The third kappa shape index (κ3) is 3.32. The summed E-state index contributed by atoms with van der Waals surface area (Å²) >= 11 is 0. The number of rotatable bonds is 3. The first-order valence-electron chi connectivity index (χ1n) is 8.37. The Hall–Kier alpha value is -2.62. The summed E-state index contributed by atoms with van der Waals surface area (Å²) in [4.78, 5) is 26.6. The van der Waals surface area contributed by atoms with Crippen LogP contribution in [0.15, 0.2) is 48.5 Å². The Labute approximate surface area is 142 Å². The van der Waals surface area contributed by atoms with Crippen LogP contribution in [0.25, 0.3) is 0 Å². The first-order chi connectivity index (χ1) is 11.6. The zero-order valence-electron chi connectivity index (χ0n) is 14.1. The summed E-state index contributed by atoms with van der Waals surface area (Å²) in [5, 5.41) is 2.85. The number of carbonyl (C=O) groups excluding carboxylic acids is 2. The van der Waals surface area contributed by atoms with Gasteiger partial charge >= 0.3 is 0 Å². The van der Waals surface area contributed by atoms with Gasteiger partial charge in [0.25, 0.3) is 5.91 Å². The second-order valence-corrected chi connectivity index (χ2v) is 6.41. The maximum absolute atomic E-state index is 12.9. The van der Waals surface area contributed by atoms with Crippen molar-refractivity contribution >= 4 is 23.2 Å². The molecular weight excluding hydrogens is 300 g/mol. The van der Waals surface area contributed by atoms with Crippen molar-refractivity contribution in [3.05, 3.63) is 59.7 Å². The predicted octanol–water partition coefficient (Wildman–Crippen LogP) is 3.87. The average Bonchev–Trinajstić information content (AvgIpc) is 2.60. The number of aryl methyl sites for hydroxylation is 1. The molecule has 0 saturated heterocycles. The summed E-state index contributed by atoms with van der Waals surface area (Å²) in [6, 6.07) is 15.2. The molecule has 0 aromatic heterocycles. The molecule has 1 N–H and O–H groups in total. The van der Waals surface area contributed by atoms with Gasteiger partial charge in [0.15, 0.2) is 0 Å². The number of benzene rings is 2. The molecule has 124 valence electrons. The second kappa shape index (κ2) is 6.87. The van der Waals surface area contributed by atoms with Gasteiger partial charge < -0.3 is 10.2 Å². The van der Waals surface area contributed by atoms with Crippen LogP contribution < -0.4 is 10.2 Å². The average molecular weight is 322 g/mol. The molecule has 1 heterocycles. The zero-order valence-corrected chi connectivity index (χ0v) is 14.1. The largest absolute Gasteiger partial charge is 0.326 e. The Balaban J connectivity index is 1.85. The van der Waals surface area contributed by atoms with Crippen LogP contribution in [-0.4, -0.2) is 18.4 Å². The lowest BCUT2D eigenvalue weighted by Gasteiger charge is -2.29. The number of anilines is 2. The maximum atomic E-state index is 12.9. The molecule has 2 amide bonds. The molecule has 2 aromatic rings. The number of nitrogens with zero attached hydrogens (tertiary/aromatic N) is 1. The minimum atomic E-state index is -0.0988. The van der Waals surface area contributed by atoms with E-state index < -0.39 is 0 Å². The van der Waals surface area contributed by atoms with Crippen molar-refractivity contribution in [1.29, 1.82) is 0 Å². The molecule has 0 radical (unpaired) electrons. The molecule has 0 unspecified atom stereocenters. The van der Waals surface area contributed by atoms with Crippen LogP contribution in [0.3, 0.4) is 0 Å². The van der Waals surface area contributed by atoms with E-state index in [1.165, 1.54) is 5.56 Å². The van der Waals surface area contributed by atoms with Crippen LogP contribution in [0, 0.1) is 5.92 Å². The third-order valence-corrected chi connectivity index (χ3v) is 4.26. The van der Waals surface area contributed by atoms with Crippen molar-refractivity contribution in [2.45, 2.75) is 26.7 Å². The number of amides is 2. The Morgan fingerprint density at radius 3 is 2.67 bits per heavy atom. The van der Waals surface area contributed by atoms with Crippen molar-refractivity contribution in [2.24, 2.45) is 5.92 Å². The molecule has 24 heavy (non-hydrogen) atoms. The number of hydrogen-bond acceptors (Lipinski definition) is 2. The number of fused-ring (bicyclic) bond motifs is 1. The Bertz CT molecular complexity index is 768. The second-order valence-electron chi connectivity index (χ2n) is 6.41. The van der Waals surface area contributed by atoms with Crippen molar-refractivity contribution < 1.29 is 9.59 Å². The monoisotopic (exact) mass is 322 g/mol. The van der Waals surface area contributed by atoms with E-state index in [1.54, 1.807) is 24.3 Å². The lowest BCUT2D eigenvalue weighted by Crippen LogP contribution is -2.35. The molecule has 4 nitrogen and oxygen atoms in total. The molecule has 0 saturated carbocycles. The fourth-order valence-electron chi connectivity index (χ4n) is 2.92. The van der Waals surface area contributed by atoms with Crippen LogP contribution in [-0.2, 0) is 11.2 Å². The summed E-state index contributed by atoms with van der Waals surface area (Å²) in [5.74, 6) is -0.177. The van der Waals surface area contributed by atoms with Gasteiger partial charge in [0.05, 0.1) is 0 Å². The zero-order chi connectivity index (χ0) is 17.1. The van der Waals surface area contributed by atoms with Crippen LogP contribution in [0.2, 0.25) is 0 Å². The molecule has 1 aliphatic rings. The van der Waals surface area contributed by atoms with Gasteiger partial charge in [-0.05, 0) is 42.7 Å². The van der Waals surface area contributed by atoms with Gasteiger partial charge in [-0.15, -0.1) is 0 Å². The van der Waals surface area contributed by atoms with Crippen molar-refractivity contribution in [3.63, 3.8) is 0 Å². The highest BCUT2D eigenvalue weighted by Gasteiger charge is 2.23. The van der Waals surface area contributed by atoms with Gasteiger partial charge in [-0.1, -0.05) is 38.1 Å².